The van der Waals surface area contributed by atoms with Gasteiger partial charge in [-0.2, -0.15) is 0 Å². The zero-order valence-corrected chi connectivity index (χ0v) is 20.5. The fourth-order valence-corrected chi connectivity index (χ4v) is 5.32. The van der Waals surface area contributed by atoms with Crippen molar-refractivity contribution < 1.29 is 14.3 Å². The number of aryl methyl sites for hydroxylation is 1. The summed E-state index contributed by atoms with van der Waals surface area (Å²) in [5.74, 6) is 1.44. The Hall–Kier alpha value is -2.83. The molecule has 0 saturated carbocycles. The fraction of sp³-hybridized carbons (Fsp3) is 0.259. The van der Waals surface area contributed by atoms with E-state index in [1.165, 1.54) is 22.9 Å². The first-order valence-electron chi connectivity index (χ1n) is 10.9. The minimum atomic E-state index is -0.211. The lowest BCUT2D eigenvalue weighted by molar-refractivity contribution is -0.126. The predicted molar refractivity (Wildman–Crippen MR) is 138 cm³/mol. The lowest BCUT2D eigenvalue weighted by Crippen LogP contribution is -2.33. The Kier molecular flexibility index (Phi) is 7.68. The zero-order valence-electron chi connectivity index (χ0n) is 18.8. The molecular formula is C27H27NO3S2. The van der Waals surface area contributed by atoms with Gasteiger partial charge in [-0.15, -0.1) is 0 Å². The molecule has 1 heterocycles. The van der Waals surface area contributed by atoms with Gasteiger partial charge in [-0.3, -0.25) is 9.69 Å². The van der Waals surface area contributed by atoms with E-state index in [0.717, 1.165) is 17.5 Å². The molecule has 1 saturated heterocycles. The number of carbonyl (C=O) groups excluding carboxylic acids is 1. The third kappa shape index (κ3) is 5.95. The minimum Gasteiger partial charge on any atom is -0.493 e. The zero-order chi connectivity index (χ0) is 23.2. The van der Waals surface area contributed by atoms with Gasteiger partial charge < -0.3 is 9.47 Å². The van der Waals surface area contributed by atoms with Crippen LogP contribution in [0.15, 0.2) is 72.8 Å². The number of ether oxygens (including phenoxy) is 2. The van der Waals surface area contributed by atoms with Crippen molar-refractivity contribution in [2.24, 2.45) is 0 Å². The lowest BCUT2D eigenvalue weighted by Gasteiger charge is -2.16. The van der Waals surface area contributed by atoms with Gasteiger partial charge in [-0.25, -0.2) is 0 Å². The molecule has 0 aromatic heterocycles. The maximum atomic E-state index is 13.0. The van der Waals surface area contributed by atoms with Crippen LogP contribution in [-0.4, -0.2) is 34.0 Å². The van der Waals surface area contributed by atoms with E-state index in [-0.39, 0.29) is 11.2 Å². The van der Waals surface area contributed by atoms with Crippen molar-refractivity contribution in [2.75, 3.05) is 13.7 Å². The molecule has 0 N–H and O–H groups in total. The molecule has 0 spiro atoms. The second-order valence-electron chi connectivity index (χ2n) is 8.06. The number of benzene rings is 3. The second kappa shape index (κ2) is 10.9. The van der Waals surface area contributed by atoms with E-state index in [2.05, 4.69) is 43.3 Å². The molecule has 4 nitrogen and oxygen atoms in total. The monoisotopic (exact) mass is 477 g/mol. The van der Waals surface area contributed by atoms with E-state index in [1.54, 1.807) is 12.0 Å². The lowest BCUT2D eigenvalue weighted by atomic mass is 10.1. The van der Waals surface area contributed by atoms with Crippen LogP contribution in [0.25, 0.3) is 0 Å². The first-order valence-corrected chi connectivity index (χ1v) is 12.2. The number of hydrogen-bond acceptors (Lipinski definition) is 5. The Balaban J connectivity index is 1.37. The second-order valence-corrected chi connectivity index (χ2v) is 9.90. The topological polar surface area (TPSA) is 38.8 Å². The van der Waals surface area contributed by atoms with Crippen LogP contribution in [0.5, 0.6) is 11.5 Å². The normalized spacial score (nSPS) is 15.7. The number of hydrogen-bond donors (Lipinski definition) is 0. The first kappa shape index (κ1) is 23.3. The van der Waals surface area contributed by atoms with Gasteiger partial charge in [0.25, 0.3) is 0 Å². The highest BCUT2D eigenvalue weighted by molar-refractivity contribution is 8.24. The minimum absolute atomic E-state index is 0.0830. The predicted octanol–water partition coefficient (Wildman–Crippen LogP) is 5.60. The molecule has 6 heteroatoms. The van der Waals surface area contributed by atoms with Crippen LogP contribution in [0.1, 0.15) is 22.3 Å². The Labute approximate surface area is 204 Å². The summed E-state index contributed by atoms with van der Waals surface area (Å²) >= 11 is 6.98. The average Bonchev–Trinajstić information content (AvgIpc) is 3.10. The number of nitrogens with zero attached hydrogens (tertiary/aromatic N) is 1. The average molecular weight is 478 g/mol. The molecule has 0 bridgehead atoms. The van der Waals surface area contributed by atoms with E-state index < -0.39 is 0 Å². The number of amides is 1. The molecule has 33 heavy (non-hydrogen) atoms. The van der Waals surface area contributed by atoms with Gasteiger partial charge in [0, 0.05) is 6.54 Å². The molecule has 4 rings (SSSR count). The molecule has 3 aromatic carbocycles. The molecule has 0 unspecified atom stereocenters. The number of thioether (sulfide) groups is 1. The fourth-order valence-electron chi connectivity index (χ4n) is 3.73. The third-order valence-corrected chi connectivity index (χ3v) is 7.22. The highest BCUT2D eigenvalue weighted by Gasteiger charge is 2.36. The van der Waals surface area contributed by atoms with Crippen LogP contribution in [0.3, 0.4) is 0 Å². The van der Waals surface area contributed by atoms with E-state index in [1.807, 2.05) is 36.4 Å². The van der Waals surface area contributed by atoms with Crippen LogP contribution < -0.4 is 9.47 Å². The maximum Gasteiger partial charge on any atom is 0.241 e. The molecular weight excluding hydrogens is 450 g/mol. The Morgan fingerprint density at radius 1 is 0.939 bits per heavy atom. The van der Waals surface area contributed by atoms with E-state index in [0.29, 0.717) is 35.4 Å². The summed E-state index contributed by atoms with van der Waals surface area (Å²) in [6.45, 7) is 3.15. The van der Waals surface area contributed by atoms with Crippen molar-refractivity contribution in [3.8, 4) is 11.5 Å². The van der Waals surface area contributed by atoms with Gasteiger partial charge in [0.2, 0.25) is 5.91 Å². The first-order chi connectivity index (χ1) is 16.0. The third-order valence-electron chi connectivity index (χ3n) is 5.64. The molecule has 1 fully saturated rings. The Bertz CT molecular complexity index is 1120. The molecule has 0 aliphatic carbocycles. The van der Waals surface area contributed by atoms with Crippen molar-refractivity contribution in [1.82, 2.24) is 4.90 Å². The van der Waals surface area contributed by atoms with Crippen molar-refractivity contribution in [3.63, 3.8) is 0 Å². The van der Waals surface area contributed by atoms with Crippen LogP contribution in [-0.2, 0) is 24.2 Å². The van der Waals surface area contributed by atoms with Crippen LogP contribution in [0, 0.1) is 6.92 Å². The molecule has 170 valence electrons. The quantitative estimate of drug-likeness (QED) is 0.375. The number of methoxy groups -OCH3 is 1. The summed E-state index contributed by atoms with van der Waals surface area (Å²) in [5, 5.41) is -0.211. The summed E-state index contributed by atoms with van der Waals surface area (Å²) in [7, 11) is 1.63. The summed E-state index contributed by atoms with van der Waals surface area (Å²) in [5.41, 5.74) is 4.54. The smallest absolute Gasteiger partial charge is 0.241 e. The van der Waals surface area contributed by atoms with Gasteiger partial charge >= 0.3 is 0 Å². The molecule has 1 aliphatic heterocycles. The molecule has 1 amide bonds. The Morgan fingerprint density at radius 2 is 1.67 bits per heavy atom. The highest BCUT2D eigenvalue weighted by Crippen LogP contribution is 2.33. The number of carbonyl (C=O) groups is 1. The van der Waals surface area contributed by atoms with Crippen LogP contribution in [0.2, 0.25) is 0 Å². The summed E-state index contributed by atoms with van der Waals surface area (Å²) in [4.78, 5) is 14.8. The van der Waals surface area contributed by atoms with Crippen molar-refractivity contribution >= 4 is 34.2 Å². The van der Waals surface area contributed by atoms with Gasteiger partial charge in [0.1, 0.15) is 10.9 Å². The Morgan fingerprint density at radius 3 is 2.39 bits per heavy atom. The van der Waals surface area contributed by atoms with Crippen molar-refractivity contribution in [3.05, 3.63) is 95.1 Å². The van der Waals surface area contributed by atoms with Crippen molar-refractivity contribution in [1.29, 1.82) is 0 Å². The summed E-state index contributed by atoms with van der Waals surface area (Å²) in [6.07, 6.45) is 1.39. The standard InChI is InChI=1S/C27H27NO3S2/c1-19-8-10-21(11-9-19)18-31-23-13-12-22(16-24(23)30-2)17-25-26(29)28(27(32)33-25)15-14-20-6-4-3-5-7-20/h3-13,16,25H,14-15,17-18H2,1-2H3/t25-/m1/s1. The summed E-state index contributed by atoms with van der Waals surface area (Å²) in [6, 6.07) is 24.3. The van der Waals surface area contributed by atoms with Gasteiger partial charge in [0.15, 0.2) is 11.5 Å². The number of rotatable bonds is 9. The molecule has 3 aromatic rings. The van der Waals surface area contributed by atoms with Gasteiger partial charge in [-0.1, -0.05) is 90.2 Å². The highest BCUT2D eigenvalue weighted by atomic mass is 32.2. The SMILES string of the molecule is COc1cc(C[C@H]2SC(=S)N(CCc3ccccc3)C2=O)ccc1OCc1ccc(C)cc1. The van der Waals surface area contributed by atoms with Crippen LogP contribution in [0.4, 0.5) is 0 Å². The van der Waals surface area contributed by atoms with Gasteiger partial charge in [-0.05, 0) is 48.6 Å². The maximum absolute atomic E-state index is 13.0. The molecule has 0 radical (unpaired) electrons. The van der Waals surface area contributed by atoms with E-state index >= 15 is 0 Å². The molecule has 1 atom stereocenters. The van der Waals surface area contributed by atoms with Crippen LogP contribution >= 0.6 is 24.0 Å². The number of thiocarbonyl (C=S) groups is 1. The molecule has 1 aliphatic rings. The summed E-state index contributed by atoms with van der Waals surface area (Å²) < 4.78 is 12.2. The van der Waals surface area contributed by atoms with Crippen molar-refractivity contribution in [2.45, 2.75) is 31.6 Å². The van der Waals surface area contributed by atoms with Gasteiger partial charge in [0.05, 0.1) is 12.4 Å². The van der Waals surface area contributed by atoms with E-state index in [9.17, 15) is 4.79 Å². The largest absolute Gasteiger partial charge is 0.493 e. The van der Waals surface area contributed by atoms with E-state index in [4.69, 9.17) is 21.7 Å².